The van der Waals surface area contributed by atoms with Gasteiger partial charge in [0, 0.05) is 32.2 Å². The average molecular weight is 264 g/mol. The Morgan fingerprint density at radius 3 is 2.53 bits per heavy atom. The molecular formula is C14H24N4O. The largest absolute Gasteiger partial charge is 0.399 e. The van der Waals surface area contributed by atoms with Crippen molar-refractivity contribution in [2.24, 2.45) is 0 Å². The third-order valence-corrected chi connectivity index (χ3v) is 2.91. The van der Waals surface area contributed by atoms with E-state index in [4.69, 9.17) is 5.73 Å². The quantitative estimate of drug-likeness (QED) is 0.766. The Bertz CT molecular complexity index is 431. The van der Waals surface area contributed by atoms with Gasteiger partial charge in [-0.1, -0.05) is 6.92 Å². The van der Waals surface area contributed by atoms with Crippen LogP contribution in [0.1, 0.15) is 13.3 Å². The lowest BCUT2D eigenvalue weighted by Crippen LogP contribution is -2.29. The Morgan fingerprint density at radius 2 is 1.95 bits per heavy atom. The zero-order valence-corrected chi connectivity index (χ0v) is 12.2. The van der Waals surface area contributed by atoms with E-state index in [-0.39, 0.29) is 5.91 Å². The summed E-state index contributed by atoms with van der Waals surface area (Å²) in [6.45, 7) is 3.66. The molecule has 0 spiro atoms. The van der Waals surface area contributed by atoms with E-state index in [0.717, 1.165) is 24.5 Å². The van der Waals surface area contributed by atoms with Crippen molar-refractivity contribution in [1.29, 1.82) is 0 Å². The summed E-state index contributed by atoms with van der Waals surface area (Å²) < 4.78 is 0. The van der Waals surface area contributed by atoms with Crippen molar-refractivity contribution < 1.29 is 4.79 Å². The maximum Gasteiger partial charge on any atom is 0.224 e. The minimum Gasteiger partial charge on any atom is -0.399 e. The fourth-order valence-electron chi connectivity index (χ4n) is 1.70. The Balaban J connectivity index is 2.89. The first-order valence-corrected chi connectivity index (χ1v) is 6.49. The summed E-state index contributed by atoms with van der Waals surface area (Å²) in [4.78, 5) is 15.8. The predicted molar refractivity (Wildman–Crippen MR) is 81.6 cm³/mol. The van der Waals surface area contributed by atoms with Crippen LogP contribution in [-0.2, 0) is 4.79 Å². The maximum atomic E-state index is 11.6. The Kier molecular flexibility index (Phi) is 5.63. The molecule has 0 fully saturated rings. The SMILES string of the molecule is CCC(=O)Nc1cc(N)ccc1N(C)CCN(C)C. The molecule has 5 nitrogen and oxygen atoms in total. The van der Waals surface area contributed by atoms with E-state index >= 15 is 0 Å². The summed E-state index contributed by atoms with van der Waals surface area (Å²) in [5, 5.41) is 2.90. The van der Waals surface area contributed by atoms with Gasteiger partial charge in [-0.05, 0) is 32.3 Å². The van der Waals surface area contributed by atoms with E-state index in [1.54, 1.807) is 6.07 Å². The zero-order valence-electron chi connectivity index (χ0n) is 12.2. The standard InChI is InChI=1S/C14H24N4O/c1-5-14(19)16-12-10-11(15)6-7-13(12)18(4)9-8-17(2)3/h6-7,10H,5,8-9,15H2,1-4H3,(H,16,19). The van der Waals surface area contributed by atoms with Gasteiger partial charge in [-0.3, -0.25) is 4.79 Å². The first-order chi connectivity index (χ1) is 8.93. The molecule has 3 N–H and O–H groups in total. The van der Waals surface area contributed by atoms with Crippen LogP contribution in [-0.4, -0.2) is 45.0 Å². The number of rotatable bonds is 6. The van der Waals surface area contributed by atoms with Gasteiger partial charge in [0.1, 0.15) is 0 Å². The van der Waals surface area contributed by atoms with E-state index < -0.39 is 0 Å². The molecule has 5 heteroatoms. The highest BCUT2D eigenvalue weighted by Gasteiger charge is 2.10. The monoisotopic (exact) mass is 264 g/mol. The molecule has 106 valence electrons. The summed E-state index contributed by atoms with van der Waals surface area (Å²) in [5.41, 5.74) is 8.19. The third kappa shape index (κ3) is 4.79. The Labute approximate surface area is 115 Å². The van der Waals surface area contributed by atoms with Gasteiger partial charge >= 0.3 is 0 Å². The van der Waals surface area contributed by atoms with Crippen molar-refractivity contribution in [3.8, 4) is 0 Å². The van der Waals surface area contributed by atoms with E-state index in [1.165, 1.54) is 0 Å². The van der Waals surface area contributed by atoms with Gasteiger partial charge in [-0.15, -0.1) is 0 Å². The number of hydrogen-bond donors (Lipinski definition) is 2. The van der Waals surface area contributed by atoms with Crippen LogP contribution < -0.4 is 16.0 Å². The fourth-order valence-corrected chi connectivity index (χ4v) is 1.70. The summed E-state index contributed by atoms with van der Waals surface area (Å²) in [7, 11) is 6.09. The molecule has 0 atom stereocenters. The molecular weight excluding hydrogens is 240 g/mol. The second-order valence-electron chi connectivity index (χ2n) is 4.90. The van der Waals surface area contributed by atoms with Crippen LogP contribution in [0.25, 0.3) is 0 Å². The highest BCUT2D eigenvalue weighted by atomic mass is 16.1. The lowest BCUT2D eigenvalue weighted by molar-refractivity contribution is -0.115. The lowest BCUT2D eigenvalue weighted by atomic mass is 10.2. The number of carbonyl (C=O) groups excluding carboxylic acids is 1. The van der Waals surface area contributed by atoms with Gasteiger partial charge in [0.2, 0.25) is 5.91 Å². The topological polar surface area (TPSA) is 61.6 Å². The van der Waals surface area contributed by atoms with Gasteiger partial charge in [0.25, 0.3) is 0 Å². The molecule has 1 rings (SSSR count). The van der Waals surface area contributed by atoms with Crippen molar-refractivity contribution in [1.82, 2.24) is 4.90 Å². The number of benzene rings is 1. The van der Waals surface area contributed by atoms with Crippen molar-refractivity contribution in [3.05, 3.63) is 18.2 Å². The van der Waals surface area contributed by atoms with Gasteiger partial charge in [-0.2, -0.15) is 0 Å². The molecule has 0 aliphatic heterocycles. The van der Waals surface area contributed by atoms with Crippen molar-refractivity contribution >= 4 is 23.0 Å². The maximum absolute atomic E-state index is 11.6. The van der Waals surface area contributed by atoms with E-state index in [0.29, 0.717) is 12.1 Å². The molecule has 1 aromatic carbocycles. The molecule has 0 unspecified atom stereocenters. The van der Waals surface area contributed by atoms with Crippen LogP contribution >= 0.6 is 0 Å². The molecule has 0 aliphatic carbocycles. The molecule has 0 aromatic heterocycles. The normalized spacial score (nSPS) is 10.6. The predicted octanol–water partition coefficient (Wildman–Crippen LogP) is 1.62. The van der Waals surface area contributed by atoms with E-state index in [9.17, 15) is 4.79 Å². The first kappa shape index (κ1) is 15.3. The number of nitrogen functional groups attached to an aromatic ring is 1. The highest BCUT2D eigenvalue weighted by Crippen LogP contribution is 2.27. The van der Waals surface area contributed by atoms with E-state index in [2.05, 4.69) is 15.1 Å². The number of nitrogens with two attached hydrogens (primary N) is 1. The molecule has 0 saturated heterocycles. The van der Waals surface area contributed by atoms with Crippen LogP contribution in [0.4, 0.5) is 17.1 Å². The molecule has 0 heterocycles. The molecule has 0 radical (unpaired) electrons. The number of hydrogen-bond acceptors (Lipinski definition) is 4. The van der Waals surface area contributed by atoms with Gasteiger partial charge in [0.15, 0.2) is 0 Å². The number of amides is 1. The number of nitrogens with zero attached hydrogens (tertiary/aromatic N) is 2. The second kappa shape index (κ2) is 6.99. The first-order valence-electron chi connectivity index (χ1n) is 6.49. The third-order valence-electron chi connectivity index (χ3n) is 2.91. The Morgan fingerprint density at radius 1 is 1.26 bits per heavy atom. The lowest BCUT2D eigenvalue weighted by Gasteiger charge is -2.24. The molecule has 1 aromatic rings. The fraction of sp³-hybridized carbons (Fsp3) is 0.500. The molecule has 0 saturated carbocycles. The zero-order chi connectivity index (χ0) is 14.4. The minimum absolute atomic E-state index is 0.00661. The molecule has 0 aliphatic rings. The van der Waals surface area contributed by atoms with Crippen LogP contribution in [0.2, 0.25) is 0 Å². The number of anilines is 3. The summed E-state index contributed by atoms with van der Waals surface area (Å²) >= 11 is 0. The smallest absolute Gasteiger partial charge is 0.224 e. The number of likely N-dealkylation sites (N-methyl/N-ethyl adjacent to an activating group) is 2. The van der Waals surface area contributed by atoms with Crippen molar-refractivity contribution in [2.45, 2.75) is 13.3 Å². The summed E-state index contributed by atoms with van der Waals surface area (Å²) in [6, 6.07) is 5.59. The summed E-state index contributed by atoms with van der Waals surface area (Å²) in [6.07, 6.45) is 0.454. The Hall–Kier alpha value is -1.75. The van der Waals surface area contributed by atoms with Crippen LogP contribution in [0, 0.1) is 0 Å². The van der Waals surface area contributed by atoms with Gasteiger partial charge in [0.05, 0.1) is 11.4 Å². The van der Waals surface area contributed by atoms with Crippen LogP contribution in [0.5, 0.6) is 0 Å². The van der Waals surface area contributed by atoms with Crippen LogP contribution in [0.15, 0.2) is 18.2 Å². The summed E-state index contributed by atoms with van der Waals surface area (Å²) in [5.74, 6) is -0.00661. The average Bonchev–Trinajstić information content (AvgIpc) is 2.36. The molecule has 1 amide bonds. The van der Waals surface area contributed by atoms with Crippen molar-refractivity contribution in [3.63, 3.8) is 0 Å². The van der Waals surface area contributed by atoms with Crippen molar-refractivity contribution in [2.75, 3.05) is 50.2 Å². The molecule has 19 heavy (non-hydrogen) atoms. The molecule has 0 bridgehead atoms. The van der Waals surface area contributed by atoms with Gasteiger partial charge in [-0.25, -0.2) is 0 Å². The minimum atomic E-state index is -0.00661. The van der Waals surface area contributed by atoms with Gasteiger partial charge < -0.3 is 20.9 Å². The van der Waals surface area contributed by atoms with E-state index in [1.807, 2.05) is 40.2 Å². The number of carbonyl (C=O) groups is 1. The highest BCUT2D eigenvalue weighted by molar-refractivity contribution is 5.94. The number of nitrogens with one attached hydrogen (secondary N) is 1. The second-order valence-corrected chi connectivity index (χ2v) is 4.90. The van der Waals surface area contributed by atoms with Crippen LogP contribution in [0.3, 0.4) is 0 Å².